The standard InChI is InChI=1S/C18H16IN3O2/c1-12-9-14(19)3-8-17(12)21-11-13(10-20)18(23)22-15-4-6-16(24-2)7-5-15/h3-9,11,21H,1-2H3,(H,22,23)/b13-11-. The van der Waals surface area contributed by atoms with Gasteiger partial charge in [-0.05, 0) is 77.5 Å². The maximum absolute atomic E-state index is 12.2. The first kappa shape index (κ1) is 17.8. The van der Waals surface area contributed by atoms with E-state index in [1.165, 1.54) is 6.20 Å². The number of anilines is 2. The number of nitrogens with zero attached hydrogens (tertiary/aromatic N) is 1. The highest BCUT2D eigenvalue weighted by Gasteiger charge is 2.09. The van der Waals surface area contributed by atoms with Gasteiger partial charge in [-0.15, -0.1) is 0 Å². The van der Waals surface area contributed by atoms with Crippen LogP contribution in [0.4, 0.5) is 11.4 Å². The van der Waals surface area contributed by atoms with Gasteiger partial charge in [-0.25, -0.2) is 0 Å². The van der Waals surface area contributed by atoms with Gasteiger partial charge in [-0.1, -0.05) is 0 Å². The molecule has 1 amide bonds. The largest absolute Gasteiger partial charge is 0.497 e. The number of methoxy groups -OCH3 is 1. The maximum Gasteiger partial charge on any atom is 0.267 e. The van der Waals surface area contributed by atoms with E-state index >= 15 is 0 Å². The Kier molecular flexibility index (Phi) is 6.21. The van der Waals surface area contributed by atoms with Crippen LogP contribution in [-0.4, -0.2) is 13.0 Å². The summed E-state index contributed by atoms with van der Waals surface area (Å²) >= 11 is 2.23. The number of amides is 1. The molecule has 0 unspecified atom stereocenters. The molecule has 0 saturated carbocycles. The van der Waals surface area contributed by atoms with Crippen molar-refractivity contribution in [3.63, 3.8) is 0 Å². The second kappa shape index (κ2) is 8.36. The highest BCUT2D eigenvalue weighted by atomic mass is 127. The molecule has 0 bridgehead atoms. The van der Waals surface area contributed by atoms with Crippen LogP contribution in [0.5, 0.6) is 5.75 Å². The highest BCUT2D eigenvalue weighted by Crippen LogP contribution is 2.18. The molecule has 0 radical (unpaired) electrons. The minimum atomic E-state index is -0.474. The molecular formula is C18H16IN3O2. The number of hydrogen-bond acceptors (Lipinski definition) is 4. The molecule has 0 saturated heterocycles. The fourth-order valence-corrected chi connectivity index (χ4v) is 2.61. The van der Waals surface area contributed by atoms with E-state index in [2.05, 4.69) is 33.2 Å². The predicted molar refractivity (Wildman–Crippen MR) is 103 cm³/mol. The number of carbonyl (C=O) groups excluding carboxylic acids is 1. The number of aryl methyl sites for hydroxylation is 1. The van der Waals surface area contributed by atoms with Crippen molar-refractivity contribution in [3.8, 4) is 11.8 Å². The molecule has 122 valence electrons. The summed E-state index contributed by atoms with van der Waals surface area (Å²) in [5, 5.41) is 14.9. The van der Waals surface area contributed by atoms with E-state index in [9.17, 15) is 10.1 Å². The van der Waals surface area contributed by atoms with Crippen LogP contribution in [0.15, 0.2) is 54.2 Å². The Morgan fingerprint density at radius 1 is 1.25 bits per heavy atom. The lowest BCUT2D eigenvalue weighted by atomic mass is 10.2. The van der Waals surface area contributed by atoms with Crippen molar-refractivity contribution in [1.29, 1.82) is 5.26 Å². The van der Waals surface area contributed by atoms with Crippen molar-refractivity contribution in [2.45, 2.75) is 6.92 Å². The van der Waals surface area contributed by atoms with Crippen LogP contribution in [0.1, 0.15) is 5.56 Å². The van der Waals surface area contributed by atoms with Crippen molar-refractivity contribution in [2.24, 2.45) is 0 Å². The Bertz CT molecular complexity index is 808. The lowest BCUT2D eigenvalue weighted by Crippen LogP contribution is -2.14. The second-order valence-electron chi connectivity index (χ2n) is 4.96. The van der Waals surface area contributed by atoms with Gasteiger partial charge in [0.15, 0.2) is 0 Å². The summed E-state index contributed by atoms with van der Waals surface area (Å²) in [6.45, 7) is 1.96. The second-order valence-corrected chi connectivity index (χ2v) is 6.20. The first-order valence-electron chi connectivity index (χ1n) is 7.12. The lowest BCUT2D eigenvalue weighted by molar-refractivity contribution is -0.112. The number of halogens is 1. The van der Waals surface area contributed by atoms with Gasteiger partial charge in [-0.2, -0.15) is 5.26 Å². The monoisotopic (exact) mass is 433 g/mol. The van der Waals surface area contributed by atoms with Gasteiger partial charge in [0.25, 0.3) is 5.91 Å². The normalized spacial score (nSPS) is 10.7. The van der Waals surface area contributed by atoms with Gasteiger partial charge >= 0.3 is 0 Å². The van der Waals surface area contributed by atoms with Gasteiger partial charge in [0.1, 0.15) is 17.4 Å². The zero-order valence-corrected chi connectivity index (χ0v) is 15.4. The van der Waals surface area contributed by atoms with Gasteiger partial charge in [0.05, 0.1) is 7.11 Å². The fraction of sp³-hybridized carbons (Fsp3) is 0.111. The quantitative estimate of drug-likeness (QED) is 0.424. The first-order chi connectivity index (χ1) is 11.5. The summed E-state index contributed by atoms with van der Waals surface area (Å²) in [4.78, 5) is 12.2. The van der Waals surface area contributed by atoms with Crippen LogP contribution >= 0.6 is 22.6 Å². The molecule has 0 fully saturated rings. The van der Waals surface area contributed by atoms with Gasteiger partial charge in [0, 0.05) is 21.1 Å². The Labute approximate surface area is 154 Å². The summed E-state index contributed by atoms with van der Waals surface area (Å²) in [7, 11) is 1.57. The number of benzene rings is 2. The van der Waals surface area contributed by atoms with E-state index in [-0.39, 0.29) is 5.57 Å². The number of ether oxygens (including phenoxy) is 1. The molecule has 0 atom stereocenters. The molecule has 24 heavy (non-hydrogen) atoms. The summed E-state index contributed by atoms with van der Waals surface area (Å²) < 4.78 is 6.19. The summed E-state index contributed by atoms with van der Waals surface area (Å²) in [5.41, 5.74) is 2.46. The molecule has 0 spiro atoms. The SMILES string of the molecule is COc1ccc(NC(=O)/C(C#N)=C\Nc2ccc(I)cc2C)cc1. The van der Waals surface area contributed by atoms with E-state index in [4.69, 9.17) is 4.74 Å². The average molecular weight is 433 g/mol. The topological polar surface area (TPSA) is 74.1 Å². The van der Waals surface area contributed by atoms with E-state index in [0.717, 1.165) is 14.8 Å². The Balaban J connectivity index is 2.08. The van der Waals surface area contributed by atoms with Crippen molar-refractivity contribution >= 4 is 39.9 Å². The molecule has 2 aromatic carbocycles. The molecule has 5 nitrogen and oxygen atoms in total. The lowest BCUT2D eigenvalue weighted by Gasteiger charge is -2.08. The third-order valence-corrected chi connectivity index (χ3v) is 3.94. The minimum absolute atomic E-state index is 0.0104. The molecule has 2 rings (SSSR count). The molecule has 0 aliphatic rings. The highest BCUT2D eigenvalue weighted by molar-refractivity contribution is 14.1. The number of nitriles is 1. The third-order valence-electron chi connectivity index (χ3n) is 3.27. The van der Waals surface area contributed by atoms with E-state index in [0.29, 0.717) is 11.4 Å². The van der Waals surface area contributed by atoms with Crippen LogP contribution in [0, 0.1) is 21.8 Å². The van der Waals surface area contributed by atoms with Crippen LogP contribution in [0.25, 0.3) is 0 Å². The van der Waals surface area contributed by atoms with Crippen molar-refractivity contribution in [3.05, 3.63) is 63.4 Å². The van der Waals surface area contributed by atoms with Crippen molar-refractivity contribution in [1.82, 2.24) is 0 Å². The minimum Gasteiger partial charge on any atom is -0.497 e. The molecule has 0 aliphatic heterocycles. The van der Waals surface area contributed by atoms with Crippen molar-refractivity contribution < 1.29 is 9.53 Å². The van der Waals surface area contributed by atoms with Gasteiger partial charge in [-0.3, -0.25) is 4.79 Å². The Hall–Kier alpha value is -2.53. The van der Waals surface area contributed by atoms with E-state index < -0.39 is 5.91 Å². The zero-order valence-electron chi connectivity index (χ0n) is 13.3. The average Bonchev–Trinajstić information content (AvgIpc) is 2.57. The summed E-state index contributed by atoms with van der Waals surface area (Å²) in [6, 6.07) is 14.7. The van der Waals surface area contributed by atoms with Crippen molar-refractivity contribution in [2.75, 3.05) is 17.7 Å². The number of carbonyl (C=O) groups is 1. The molecule has 0 aliphatic carbocycles. The number of rotatable bonds is 5. The number of hydrogen-bond donors (Lipinski definition) is 2. The molecule has 0 aromatic heterocycles. The number of nitrogens with one attached hydrogen (secondary N) is 2. The van der Waals surface area contributed by atoms with Gasteiger partial charge < -0.3 is 15.4 Å². The smallest absolute Gasteiger partial charge is 0.267 e. The van der Waals surface area contributed by atoms with Crippen LogP contribution in [-0.2, 0) is 4.79 Å². The van der Waals surface area contributed by atoms with Crippen LogP contribution in [0.2, 0.25) is 0 Å². The molecule has 2 aromatic rings. The fourth-order valence-electron chi connectivity index (χ4n) is 1.96. The van der Waals surface area contributed by atoms with E-state index in [1.54, 1.807) is 31.4 Å². The Morgan fingerprint density at radius 3 is 2.54 bits per heavy atom. The van der Waals surface area contributed by atoms with Crippen LogP contribution in [0.3, 0.4) is 0 Å². The van der Waals surface area contributed by atoms with E-state index in [1.807, 2.05) is 31.2 Å². The third kappa shape index (κ3) is 4.73. The predicted octanol–water partition coefficient (Wildman–Crippen LogP) is 4.07. The Morgan fingerprint density at radius 2 is 1.96 bits per heavy atom. The van der Waals surface area contributed by atoms with Crippen LogP contribution < -0.4 is 15.4 Å². The summed E-state index contributed by atoms with van der Waals surface area (Å²) in [5.74, 6) is 0.221. The summed E-state index contributed by atoms with van der Waals surface area (Å²) in [6.07, 6.45) is 1.41. The zero-order chi connectivity index (χ0) is 17.5. The molecule has 0 heterocycles. The molecular weight excluding hydrogens is 417 g/mol. The maximum atomic E-state index is 12.2. The molecule has 2 N–H and O–H groups in total. The molecule has 6 heteroatoms. The first-order valence-corrected chi connectivity index (χ1v) is 8.19. The van der Waals surface area contributed by atoms with Gasteiger partial charge in [0.2, 0.25) is 0 Å².